The highest BCUT2D eigenvalue weighted by Crippen LogP contribution is 2.25. The predicted molar refractivity (Wildman–Crippen MR) is 134 cm³/mol. The molecule has 166 valence electrons. The maximum atomic E-state index is 14.2. The number of para-hydroxylation sites is 2. The first-order valence-electron chi connectivity index (χ1n) is 10.8. The number of rotatable bonds is 8. The van der Waals surface area contributed by atoms with Crippen molar-refractivity contribution in [1.29, 1.82) is 0 Å². The molecule has 0 spiro atoms. The van der Waals surface area contributed by atoms with Crippen molar-refractivity contribution in [2.45, 2.75) is 12.8 Å². The molecule has 6 heteroatoms. The van der Waals surface area contributed by atoms with Crippen LogP contribution in [0.3, 0.4) is 0 Å². The van der Waals surface area contributed by atoms with Crippen LogP contribution >= 0.6 is 0 Å². The maximum Gasteiger partial charge on any atom is 0.214 e. The number of nitrogens with one attached hydrogen (secondary N) is 2. The molecule has 1 fully saturated rings. The summed E-state index contributed by atoms with van der Waals surface area (Å²) in [5, 5.41) is 6.41. The molecule has 1 aliphatic heterocycles. The van der Waals surface area contributed by atoms with Crippen LogP contribution in [-0.4, -0.2) is 18.3 Å². The normalized spacial score (nSPS) is 15.7. The summed E-state index contributed by atoms with van der Waals surface area (Å²) in [4.78, 5) is 11.0. The molecule has 0 unspecified atom stereocenters. The lowest BCUT2D eigenvalue weighted by molar-refractivity contribution is 0.630. The van der Waals surface area contributed by atoms with Gasteiger partial charge in [0.1, 0.15) is 17.3 Å². The lowest BCUT2D eigenvalue weighted by atomic mass is 10.1. The van der Waals surface area contributed by atoms with Crippen molar-refractivity contribution in [3.8, 4) is 0 Å². The number of halogens is 1. The van der Waals surface area contributed by atoms with Crippen molar-refractivity contribution < 1.29 is 4.39 Å². The summed E-state index contributed by atoms with van der Waals surface area (Å²) in [5.74, 6) is 1.10. The minimum absolute atomic E-state index is 0.229. The fourth-order valence-electron chi connectivity index (χ4n) is 3.49. The number of hydrogen-bond donors (Lipinski definition) is 2. The number of anilines is 1. The number of aliphatic imine (C=N–C) groups is 2. The van der Waals surface area contributed by atoms with Crippen LogP contribution in [0.5, 0.6) is 0 Å². The number of benzene rings is 3. The highest BCUT2D eigenvalue weighted by molar-refractivity contribution is 6.30. The van der Waals surface area contributed by atoms with E-state index in [-0.39, 0.29) is 5.69 Å². The van der Waals surface area contributed by atoms with Gasteiger partial charge >= 0.3 is 0 Å². The molecule has 1 aliphatic rings. The summed E-state index contributed by atoms with van der Waals surface area (Å²) in [6.45, 7) is 8.88. The summed E-state index contributed by atoms with van der Waals surface area (Å²) in [5.41, 5.74) is 2.91. The monoisotopic (exact) mass is 439 g/mol. The van der Waals surface area contributed by atoms with Gasteiger partial charge in [-0.15, -0.1) is 0 Å². The Morgan fingerprint density at radius 2 is 1.61 bits per heavy atom. The Bertz CT molecular complexity index is 1190. The molecule has 0 radical (unpaired) electrons. The van der Waals surface area contributed by atoms with Crippen LogP contribution in [0.1, 0.15) is 12.0 Å². The van der Waals surface area contributed by atoms with Gasteiger partial charge in [0.05, 0.1) is 11.4 Å². The van der Waals surface area contributed by atoms with Crippen molar-refractivity contribution in [2.24, 2.45) is 9.98 Å². The van der Waals surface area contributed by atoms with E-state index in [0.29, 0.717) is 23.3 Å². The smallest absolute Gasteiger partial charge is 0.214 e. The lowest BCUT2D eigenvalue weighted by Gasteiger charge is -2.18. The number of hydrogen-bond acceptors (Lipinski definition) is 3. The summed E-state index contributed by atoms with van der Waals surface area (Å²) in [7, 11) is 0. The van der Waals surface area contributed by atoms with E-state index in [2.05, 4.69) is 45.9 Å². The van der Waals surface area contributed by atoms with Crippen molar-refractivity contribution in [2.75, 3.05) is 11.4 Å². The Balaban J connectivity index is 1.53. The minimum Gasteiger partial charge on any atom is -0.370 e. The first-order valence-corrected chi connectivity index (χ1v) is 10.8. The molecular formula is C27H26FN5. The highest BCUT2D eigenvalue weighted by atomic mass is 19.1. The van der Waals surface area contributed by atoms with Gasteiger partial charge in [0, 0.05) is 6.54 Å². The molecule has 3 aromatic rings. The van der Waals surface area contributed by atoms with Crippen LogP contribution in [0.4, 0.5) is 15.8 Å². The van der Waals surface area contributed by atoms with E-state index in [9.17, 15) is 4.39 Å². The van der Waals surface area contributed by atoms with Gasteiger partial charge in [0.15, 0.2) is 5.84 Å². The van der Waals surface area contributed by atoms with Crippen molar-refractivity contribution >= 4 is 23.2 Å². The molecule has 4 rings (SSSR count). The Hall–Kier alpha value is -4.19. The molecule has 5 nitrogen and oxygen atoms in total. The second-order valence-corrected chi connectivity index (χ2v) is 7.56. The second kappa shape index (κ2) is 10.4. The van der Waals surface area contributed by atoms with E-state index >= 15 is 0 Å². The summed E-state index contributed by atoms with van der Waals surface area (Å²) >= 11 is 0. The third-order valence-corrected chi connectivity index (χ3v) is 5.10. The number of nitrogens with zero attached hydrogens (tertiary/aromatic N) is 3. The summed E-state index contributed by atoms with van der Waals surface area (Å²) in [6.07, 6.45) is 1.93. The molecule has 33 heavy (non-hydrogen) atoms. The second-order valence-electron chi connectivity index (χ2n) is 7.56. The van der Waals surface area contributed by atoms with Crippen LogP contribution < -0.4 is 15.5 Å². The lowest BCUT2D eigenvalue weighted by Crippen LogP contribution is -2.32. The molecule has 0 aromatic heterocycles. The van der Waals surface area contributed by atoms with Gasteiger partial charge in [-0.3, -0.25) is 4.90 Å². The fourth-order valence-corrected chi connectivity index (χ4v) is 3.49. The number of guanidine groups is 1. The van der Waals surface area contributed by atoms with Crippen LogP contribution in [0, 0.1) is 5.82 Å². The largest absolute Gasteiger partial charge is 0.370 e. The topological polar surface area (TPSA) is 52.0 Å². The molecular weight excluding hydrogens is 413 g/mol. The zero-order chi connectivity index (χ0) is 23.0. The van der Waals surface area contributed by atoms with Gasteiger partial charge in [-0.2, -0.15) is 0 Å². The third-order valence-electron chi connectivity index (χ3n) is 5.10. The molecule has 0 bridgehead atoms. The maximum absolute atomic E-state index is 14.2. The van der Waals surface area contributed by atoms with E-state index in [1.54, 1.807) is 18.2 Å². The summed E-state index contributed by atoms with van der Waals surface area (Å²) < 4.78 is 14.2. The molecule has 0 amide bonds. The van der Waals surface area contributed by atoms with Crippen LogP contribution in [-0.2, 0) is 6.42 Å². The molecule has 0 aliphatic carbocycles. The Kier molecular flexibility index (Phi) is 6.95. The zero-order valence-electron chi connectivity index (χ0n) is 18.3. The number of aryl methyl sites for hydroxylation is 1. The quantitative estimate of drug-likeness (QED) is 0.454. The van der Waals surface area contributed by atoms with E-state index < -0.39 is 5.82 Å². The van der Waals surface area contributed by atoms with Gasteiger partial charge in [-0.05, 0) is 42.7 Å². The van der Waals surface area contributed by atoms with Gasteiger partial charge in [-0.25, -0.2) is 14.4 Å². The Morgan fingerprint density at radius 3 is 2.33 bits per heavy atom. The average Bonchev–Trinajstić information content (AvgIpc) is 3.14. The SMILES string of the molecule is C=C(N=C1C(=C)NC(=Nc2ccccc2F)N1c1ccccc1)NCCCc1ccccc1. The van der Waals surface area contributed by atoms with E-state index in [1.807, 2.05) is 53.4 Å². The van der Waals surface area contributed by atoms with Crippen molar-refractivity contribution in [3.05, 3.63) is 121 Å². The molecule has 0 saturated carbocycles. The Morgan fingerprint density at radius 1 is 0.939 bits per heavy atom. The van der Waals surface area contributed by atoms with Crippen LogP contribution in [0.25, 0.3) is 0 Å². The average molecular weight is 440 g/mol. The van der Waals surface area contributed by atoms with E-state index in [4.69, 9.17) is 0 Å². The fraction of sp³-hybridized carbons (Fsp3) is 0.111. The standard InChI is InChI=1S/C27H26FN5/c1-20-26(31-21(2)29-19-11-14-22-12-5-3-6-13-22)33(23-15-7-4-8-16-23)27(30-20)32-25-18-10-9-17-24(25)28/h3-10,12-13,15-18,29H,1-2,11,14,19H2,(H,30,32). The van der Waals surface area contributed by atoms with Gasteiger partial charge in [0.2, 0.25) is 5.96 Å². The molecule has 3 aromatic carbocycles. The molecule has 1 saturated heterocycles. The van der Waals surface area contributed by atoms with E-state index in [1.165, 1.54) is 11.6 Å². The Labute approximate surface area is 193 Å². The minimum atomic E-state index is -0.402. The van der Waals surface area contributed by atoms with Crippen LogP contribution in [0.15, 0.2) is 120 Å². The molecule has 0 atom stereocenters. The number of amidine groups is 1. The zero-order valence-corrected chi connectivity index (χ0v) is 18.3. The van der Waals surface area contributed by atoms with Crippen LogP contribution in [0.2, 0.25) is 0 Å². The van der Waals surface area contributed by atoms with Gasteiger partial charge < -0.3 is 10.6 Å². The first kappa shape index (κ1) is 22.0. The van der Waals surface area contributed by atoms with Gasteiger partial charge in [-0.1, -0.05) is 73.8 Å². The van der Waals surface area contributed by atoms with Crippen molar-refractivity contribution in [3.63, 3.8) is 0 Å². The molecule has 1 heterocycles. The molecule has 2 N–H and O–H groups in total. The highest BCUT2D eigenvalue weighted by Gasteiger charge is 2.30. The predicted octanol–water partition coefficient (Wildman–Crippen LogP) is 5.53. The van der Waals surface area contributed by atoms with Crippen molar-refractivity contribution in [1.82, 2.24) is 10.6 Å². The summed E-state index contributed by atoms with van der Waals surface area (Å²) in [6, 6.07) is 26.4. The van der Waals surface area contributed by atoms with Gasteiger partial charge in [0.25, 0.3) is 0 Å². The first-order chi connectivity index (χ1) is 16.1. The third kappa shape index (κ3) is 5.54. The van der Waals surface area contributed by atoms with E-state index in [0.717, 1.165) is 25.1 Å².